The molecule has 13 heavy (non-hydrogen) atoms. The molecule has 0 aromatic rings. The zero-order chi connectivity index (χ0) is 10.0. The van der Waals surface area contributed by atoms with Crippen molar-refractivity contribution in [2.75, 3.05) is 6.54 Å². The van der Waals surface area contributed by atoms with E-state index in [9.17, 15) is 0 Å². The summed E-state index contributed by atoms with van der Waals surface area (Å²) >= 11 is 0. The SMILES string of the molecule is CCN1C=NN(C(C)C)C1C(C)C. The number of nitrogens with zero attached hydrogens (tertiary/aromatic N) is 3. The molecule has 0 N–H and O–H groups in total. The van der Waals surface area contributed by atoms with Crippen LogP contribution in [0.3, 0.4) is 0 Å². The quantitative estimate of drug-likeness (QED) is 0.666. The van der Waals surface area contributed by atoms with Gasteiger partial charge in [-0.2, -0.15) is 5.10 Å². The van der Waals surface area contributed by atoms with Gasteiger partial charge in [0.2, 0.25) is 0 Å². The smallest absolute Gasteiger partial charge is 0.121 e. The van der Waals surface area contributed by atoms with E-state index in [2.05, 4.69) is 49.6 Å². The first-order valence-electron chi connectivity index (χ1n) is 5.16. The summed E-state index contributed by atoms with van der Waals surface area (Å²) in [5.41, 5.74) is 0. The van der Waals surface area contributed by atoms with Crippen LogP contribution >= 0.6 is 0 Å². The van der Waals surface area contributed by atoms with E-state index in [-0.39, 0.29) is 0 Å². The first-order chi connectivity index (χ1) is 6.07. The van der Waals surface area contributed by atoms with E-state index in [1.165, 1.54) is 0 Å². The van der Waals surface area contributed by atoms with Crippen molar-refractivity contribution >= 4 is 6.34 Å². The molecule has 76 valence electrons. The van der Waals surface area contributed by atoms with E-state index in [1.807, 2.05) is 6.34 Å². The number of rotatable bonds is 3. The Kier molecular flexibility index (Phi) is 3.17. The molecule has 1 rings (SSSR count). The average Bonchev–Trinajstić information content (AvgIpc) is 2.46. The van der Waals surface area contributed by atoms with Crippen molar-refractivity contribution in [2.45, 2.75) is 46.8 Å². The highest BCUT2D eigenvalue weighted by Crippen LogP contribution is 2.21. The highest BCUT2D eigenvalue weighted by molar-refractivity contribution is 5.57. The van der Waals surface area contributed by atoms with Crippen molar-refractivity contribution in [3.05, 3.63) is 0 Å². The van der Waals surface area contributed by atoms with Crippen molar-refractivity contribution < 1.29 is 0 Å². The summed E-state index contributed by atoms with van der Waals surface area (Å²) in [6, 6.07) is 0.486. The number of hydrogen-bond acceptors (Lipinski definition) is 3. The maximum absolute atomic E-state index is 4.42. The van der Waals surface area contributed by atoms with Crippen molar-refractivity contribution in [3.63, 3.8) is 0 Å². The van der Waals surface area contributed by atoms with Gasteiger partial charge in [0, 0.05) is 12.6 Å². The van der Waals surface area contributed by atoms with Crippen molar-refractivity contribution in [1.29, 1.82) is 0 Å². The molecule has 0 bridgehead atoms. The molecule has 1 atom stereocenters. The van der Waals surface area contributed by atoms with E-state index in [0.717, 1.165) is 6.54 Å². The Morgan fingerprint density at radius 3 is 2.31 bits per heavy atom. The molecule has 0 spiro atoms. The standard InChI is InChI=1S/C10H21N3/c1-6-12-7-11-13(9(4)5)10(12)8(2)3/h7-10H,6H2,1-5H3. The lowest BCUT2D eigenvalue weighted by molar-refractivity contribution is 0.0657. The van der Waals surface area contributed by atoms with Crippen LogP contribution in [0.25, 0.3) is 0 Å². The normalized spacial score (nSPS) is 22.5. The van der Waals surface area contributed by atoms with Gasteiger partial charge in [-0.1, -0.05) is 13.8 Å². The minimum absolute atomic E-state index is 0.449. The molecule has 0 aromatic carbocycles. The van der Waals surface area contributed by atoms with Gasteiger partial charge in [-0.15, -0.1) is 0 Å². The summed E-state index contributed by atoms with van der Waals surface area (Å²) in [4.78, 5) is 2.30. The third kappa shape index (κ3) is 1.95. The second-order valence-electron chi connectivity index (χ2n) is 4.19. The van der Waals surface area contributed by atoms with Gasteiger partial charge in [0.05, 0.1) is 0 Å². The molecule has 1 aliphatic heterocycles. The second kappa shape index (κ2) is 3.99. The van der Waals surface area contributed by atoms with Gasteiger partial charge < -0.3 is 4.90 Å². The van der Waals surface area contributed by atoms with Gasteiger partial charge in [-0.3, -0.25) is 5.01 Å². The maximum atomic E-state index is 4.42. The van der Waals surface area contributed by atoms with E-state index in [1.54, 1.807) is 0 Å². The van der Waals surface area contributed by atoms with Gasteiger partial charge in [0.1, 0.15) is 12.5 Å². The molecule has 1 aliphatic rings. The summed E-state index contributed by atoms with van der Waals surface area (Å²) in [5, 5.41) is 6.61. The summed E-state index contributed by atoms with van der Waals surface area (Å²) in [6.07, 6.45) is 2.41. The fourth-order valence-electron chi connectivity index (χ4n) is 1.81. The Morgan fingerprint density at radius 2 is 1.92 bits per heavy atom. The molecule has 0 radical (unpaired) electrons. The Hall–Kier alpha value is -0.730. The van der Waals surface area contributed by atoms with Gasteiger partial charge in [0.15, 0.2) is 0 Å². The first-order valence-corrected chi connectivity index (χ1v) is 5.16. The van der Waals surface area contributed by atoms with Crippen LogP contribution in [0, 0.1) is 5.92 Å². The molecule has 3 nitrogen and oxygen atoms in total. The molecule has 0 saturated carbocycles. The molecule has 1 heterocycles. The fourth-order valence-corrected chi connectivity index (χ4v) is 1.81. The zero-order valence-electron chi connectivity index (χ0n) is 9.36. The zero-order valence-corrected chi connectivity index (χ0v) is 9.36. The van der Waals surface area contributed by atoms with E-state index < -0.39 is 0 Å². The fraction of sp³-hybridized carbons (Fsp3) is 0.900. The molecule has 3 heteroatoms. The highest BCUT2D eigenvalue weighted by Gasteiger charge is 2.30. The van der Waals surface area contributed by atoms with E-state index in [0.29, 0.717) is 18.1 Å². The van der Waals surface area contributed by atoms with Gasteiger partial charge in [-0.05, 0) is 26.7 Å². The van der Waals surface area contributed by atoms with Crippen molar-refractivity contribution in [1.82, 2.24) is 9.91 Å². The molecule has 0 aliphatic carbocycles. The topological polar surface area (TPSA) is 18.8 Å². The Balaban J connectivity index is 2.72. The van der Waals surface area contributed by atoms with Crippen LogP contribution in [-0.4, -0.2) is 35.0 Å². The van der Waals surface area contributed by atoms with Crippen LogP contribution in [0.4, 0.5) is 0 Å². The van der Waals surface area contributed by atoms with Crippen LogP contribution in [0.2, 0.25) is 0 Å². The average molecular weight is 183 g/mol. The van der Waals surface area contributed by atoms with Gasteiger partial charge >= 0.3 is 0 Å². The lowest BCUT2D eigenvalue weighted by Gasteiger charge is -2.35. The Morgan fingerprint density at radius 1 is 1.31 bits per heavy atom. The maximum Gasteiger partial charge on any atom is 0.121 e. The van der Waals surface area contributed by atoms with Crippen LogP contribution in [0.15, 0.2) is 5.10 Å². The molecule has 0 aromatic heterocycles. The highest BCUT2D eigenvalue weighted by atomic mass is 15.6. The monoisotopic (exact) mass is 183 g/mol. The molecule has 0 saturated heterocycles. The minimum Gasteiger partial charge on any atom is -0.339 e. The lowest BCUT2D eigenvalue weighted by Crippen LogP contribution is -2.45. The largest absolute Gasteiger partial charge is 0.339 e. The van der Waals surface area contributed by atoms with Crippen LogP contribution in [0.5, 0.6) is 0 Å². The van der Waals surface area contributed by atoms with E-state index in [4.69, 9.17) is 0 Å². The third-order valence-corrected chi connectivity index (χ3v) is 2.43. The summed E-state index contributed by atoms with van der Waals surface area (Å²) in [5.74, 6) is 0.616. The predicted molar refractivity (Wildman–Crippen MR) is 56.5 cm³/mol. The van der Waals surface area contributed by atoms with Gasteiger partial charge in [-0.25, -0.2) is 0 Å². The van der Waals surface area contributed by atoms with Crippen LogP contribution in [-0.2, 0) is 0 Å². The lowest BCUT2D eigenvalue weighted by atomic mass is 10.1. The molecule has 1 unspecified atom stereocenters. The minimum atomic E-state index is 0.449. The summed E-state index contributed by atoms with van der Waals surface area (Å²) in [7, 11) is 0. The van der Waals surface area contributed by atoms with Crippen LogP contribution in [0.1, 0.15) is 34.6 Å². The van der Waals surface area contributed by atoms with E-state index >= 15 is 0 Å². The molecule has 0 fully saturated rings. The second-order valence-corrected chi connectivity index (χ2v) is 4.19. The molecule has 0 amide bonds. The molecular formula is C10H21N3. The number of hydrogen-bond donors (Lipinski definition) is 0. The van der Waals surface area contributed by atoms with Crippen LogP contribution < -0.4 is 0 Å². The summed E-state index contributed by atoms with van der Waals surface area (Å²) in [6.45, 7) is 12.1. The Labute approximate surface area is 81.4 Å². The third-order valence-electron chi connectivity index (χ3n) is 2.43. The first kappa shape index (κ1) is 10.4. The Bertz CT molecular complexity index is 187. The van der Waals surface area contributed by atoms with Crippen molar-refractivity contribution in [3.8, 4) is 0 Å². The van der Waals surface area contributed by atoms with Crippen molar-refractivity contribution in [2.24, 2.45) is 11.0 Å². The predicted octanol–water partition coefficient (Wildman–Crippen LogP) is 1.96. The molecular weight excluding hydrogens is 162 g/mol. The number of hydrazone groups is 1. The summed E-state index contributed by atoms with van der Waals surface area (Å²) < 4.78 is 0. The van der Waals surface area contributed by atoms with Gasteiger partial charge in [0.25, 0.3) is 0 Å².